The average molecular weight is 408 g/mol. The number of hydrogen-bond acceptors (Lipinski definition) is 7. The number of benzene rings is 2. The van der Waals surface area contributed by atoms with E-state index < -0.39 is 17.8 Å². The molecule has 0 aliphatic rings. The summed E-state index contributed by atoms with van der Waals surface area (Å²) in [6, 6.07) is 8.90. The van der Waals surface area contributed by atoms with Gasteiger partial charge in [-0.15, -0.1) is 0 Å². The molecule has 2 aromatic rings. The van der Waals surface area contributed by atoms with Crippen molar-refractivity contribution < 1.29 is 33.3 Å². The van der Waals surface area contributed by atoms with Gasteiger partial charge < -0.3 is 24.3 Å². The minimum Gasteiger partial charge on any atom is -0.493 e. The highest BCUT2D eigenvalue weighted by atomic mass is 35.5. The van der Waals surface area contributed by atoms with Crippen LogP contribution in [0.4, 0.5) is 5.69 Å². The number of carbonyl (C=O) groups is 3. The summed E-state index contributed by atoms with van der Waals surface area (Å²) in [5, 5.41) is 2.87. The van der Waals surface area contributed by atoms with E-state index in [0.29, 0.717) is 5.69 Å². The van der Waals surface area contributed by atoms with E-state index >= 15 is 0 Å². The second-order valence-corrected chi connectivity index (χ2v) is 5.78. The molecule has 1 N–H and O–H groups in total. The zero-order chi connectivity index (χ0) is 20.7. The van der Waals surface area contributed by atoms with Crippen molar-refractivity contribution in [1.82, 2.24) is 0 Å². The van der Waals surface area contributed by atoms with Crippen LogP contribution in [0.25, 0.3) is 0 Å². The fourth-order valence-corrected chi connectivity index (χ4v) is 2.39. The summed E-state index contributed by atoms with van der Waals surface area (Å²) >= 11 is 5.97. The van der Waals surface area contributed by atoms with E-state index in [1.54, 1.807) is 6.07 Å². The van der Waals surface area contributed by atoms with Gasteiger partial charge in [0.15, 0.2) is 18.1 Å². The third-order valence-corrected chi connectivity index (χ3v) is 3.96. The summed E-state index contributed by atoms with van der Waals surface area (Å²) in [5.41, 5.74) is 0.766. The van der Waals surface area contributed by atoms with Crippen LogP contribution in [0.1, 0.15) is 20.7 Å². The van der Waals surface area contributed by atoms with Gasteiger partial charge in [0.1, 0.15) is 0 Å². The number of hydrogen-bond donors (Lipinski definition) is 1. The molecule has 0 aliphatic carbocycles. The number of anilines is 1. The maximum atomic E-state index is 12.5. The molecule has 0 heterocycles. The first-order valence-corrected chi connectivity index (χ1v) is 8.34. The molecule has 0 saturated heterocycles. The molecule has 0 aliphatic heterocycles. The Bertz CT molecular complexity index is 898. The van der Waals surface area contributed by atoms with Gasteiger partial charge in [-0.3, -0.25) is 4.79 Å². The van der Waals surface area contributed by atoms with Crippen LogP contribution in [0.15, 0.2) is 36.4 Å². The molecule has 0 spiro atoms. The van der Waals surface area contributed by atoms with Crippen molar-refractivity contribution in [3.8, 4) is 11.5 Å². The molecule has 28 heavy (non-hydrogen) atoms. The molecule has 0 saturated carbocycles. The smallest absolute Gasteiger partial charge is 0.343 e. The van der Waals surface area contributed by atoms with Crippen molar-refractivity contribution in [1.29, 1.82) is 0 Å². The minimum atomic E-state index is -0.616. The van der Waals surface area contributed by atoms with E-state index in [9.17, 15) is 14.4 Å². The van der Waals surface area contributed by atoms with Gasteiger partial charge in [-0.25, -0.2) is 9.59 Å². The van der Waals surface area contributed by atoms with Crippen molar-refractivity contribution in [2.45, 2.75) is 0 Å². The van der Waals surface area contributed by atoms with E-state index in [0.717, 1.165) is 0 Å². The molecule has 2 rings (SSSR count). The minimum absolute atomic E-state index is 0.131. The number of carbonyl (C=O) groups excluding carboxylic acids is 3. The van der Waals surface area contributed by atoms with Gasteiger partial charge in [0, 0.05) is 11.3 Å². The van der Waals surface area contributed by atoms with Gasteiger partial charge >= 0.3 is 11.9 Å². The Kier molecular flexibility index (Phi) is 7.22. The Labute approximate surface area is 166 Å². The molecule has 0 aromatic heterocycles. The highest BCUT2D eigenvalue weighted by Gasteiger charge is 2.15. The predicted molar refractivity (Wildman–Crippen MR) is 101 cm³/mol. The third-order valence-electron chi connectivity index (χ3n) is 3.63. The number of amides is 1. The van der Waals surface area contributed by atoms with Gasteiger partial charge in [0.25, 0.3) is 5.91 Å². The third kappa shape index (κ3) is 5.14. The van der Waals surface area contributed by atoms with E-state index in [2.05, 4.69) is 14.8 Å². The molecule has 1 amide bonds. The van der Waals surface area contributed by atoms with E-state index in [4.69, 9.17) is 21.1 Å². The van der Waals surface area contributed by atoms with Crippen LogP contribution in [0, 0.1) is 0 Å². The maximum Gasteiger partial charge on any atom is 0.343 e. The fourth-order valence-electron chi connectivity index (χ4n) is 2.20. The van der Waals surface area contributed by atoms with E-state index in [1.165, 1.54) is 51.7 Å². The molecule has 0 atom stereocenters. The van der Waals surface area contributed by atoms with Crippen molar-refractivity contribution in [2.75, 3.05) is 33.3 Å². The summed E-state index contributed by atoms with van der Waals surface area (Å²) < 4.78 is 19.7. The number of nitrogens with one attached hydrogen (secondary N) is 1. The lowest BCUT2D eigenvalue weighted by atomic mass is 10.1. The lowest BCUT2D eigenvalue weighted by molar-refractivity contribution is -0.142. The first-order valence-electron chi connectivity index (χ1n) is 7.96. The summed E-state index contributed by atoms with van der Waals surface area (Å²) in [6.07, 6.45) is 0. The van der Waals surface area contributed by atoms with Crippen LogP contribution < -0.4 is 14.8 Å². The SMILES string of the molecule is COC(=O)COc1ccc(C(=O)Nc2ccc(Cl)c(C(=O)OC)c2)cc1OC. The van der Waals surface area contributed by atoms with E-state index in [1.807, 2.05) is 0 Å². The maximum absolute atomic E-state index is 12.5. The van der Waals surface area contributed by atoms with Crippen molar-refractivity contribution in [2.24, 2.45) is 0 Å². The molecule has 0 fully saturated rings. The number of ether oxygens (including phenoxy) is 4. The van der Waals surface area contributed by atoms with Gasteiger partial charge in [-0.1, -0.05) is 11.6 Å². The lowest BCUT2D eigenvalue weighted by Gasteiger charge is -2.12. The second kappa shape index (κ2) is 9.61. The van der Waals surface area contributed by atoms with Gasteiger partial charge in [0.05, 0.1) is 31.9 Å². The van der Waals surface area contributed by atoms with Crippen molar-refractivity contribution in [3.05, 3.63) is 52.5 Å². The number of rotatable bonds is 7. The Morgan fingerprint density at radius 2 is 1.71 bits per heavy atom. The summed E-state index contributed by atoms with van der Waals surface area (Å²) in [4.78, 5) is 35.4. The molecule has 9 heteroatoms. The molecule has 0 unspecified atom stereocenters. The quantitative estimate of drug-likeness (QED) is 0.704. The van der Waals surface area contributed by atoms with Crippen LogP contribution >= 0.6 is 11.6 Å². The largest absolute Gasteiger partial charge is 0.493 e. The number of methoxy groups -OCH3 is 3. The fraction of sp³-hybridized carbons (Fsp3) is 0.211. The number of halogens is 1. The summed E-state index contributed by atoms with van der Waals surface area (Å²) in [7, 11) is 3.89. The van der Waals surface area contributed by atoms with E-state index in [-0.39, 0.29) is 34.3 Å². The highest BCUT2D eigenvalue weighted by molar-refractivity contribution is 6.33. The molecule has 2 aromatic carbocycles. The Morgan fingerprint density at radius 1 is 0.964 bits per heavy atom. The highest BCUT2D eigenvalue weighted by Crippen LogP contribution is 2.29. The first-order chi connectivity index (χ1) is 13.4. The molecular formula is C19H18ClNO7. The van der Waals surface area contributed by atoms with Crippen molar-refractivity contribution >= 4 is 35.1 Å². The zero-order valence-corrected chi connectivity index (χ0v) is 16.2. The number of esters is 2. The van der Waals surface area contributed by atoms with Gasteiger partial charge in [-0.05, 0) is 36.4 Å². The summed E-state index contributed by atoms with van der Waals surface area (Å²) in [5.74, 6) is -1.06. The molecule has 148 valence electrons. The summed E-state index contributed by atoms with van der Waals surface area (Å²) in [6.45, 7) is -0.292. The van der Waals surface area contributed by atoms with Crippen LogP contribution in [0.5, 0.6) is 11.5 Å². The van der Waals surface area contributed by atoms with Crippen LogP contribution in [-0.2, 0) is 14.3 Å². The monoisotopic (exact) mass is 407 g/mol. The first kappa shape index (κ1) is 21.0. The topological polar surface area (TPSA) is 100 Å². The van der Waals surface area contributed by atoms with Crippen LogP contribution in [-0.4, -0.2) is 45.8 Å². The Balaban J connectivity index is 2.18. The second-order valence-electron chi connectivity index (χ2n) is 5.37. The van der Waals surface area contributed by atoms with Gasteiger partial charge in [-0.2, -0.15) is 0 Å². The van der Waals surface area contributed by atoms with Crippen LogP contribution in [0.3, 0.4) is 0 Å². The van der Waals surface area contributed by atoms with Crippen molar-refractivity contribution in [3.63, 3.8) is 0 Å². The average Bonchev–Trinajstić information content (AvgIpc) is 2.72. The van der Waals surface area contributed by atoms with Crippen LogP contribution in [0.2, 0.25) is 5.02 Å². The molecule has 0 bridgehead atoms. The Hall–Kier alpha value is -3.26. The normalized spacial score (nSPS) is 10.0. The van der Waals surface area contributed by atoms with Gasteiger partial charge in [0.2, 0.25) is 0 Å². The predicted octanol–water partition coefficient (Wildman–Crippen LogP) is 2.94. The lowest BCUT2D eigenvalue weighted by Crippen LogP contribution is -2.14. The molecule has 8 nitrogen and oxygen atoms in total. The molecular weight excluding hydrogens is 390 g/mol. The molecule has 0 radical (unpaired) electrons. The standard InChI is InChI=1S/C19H18ClNO7/c1-25-16-8-11(4-7-15(16)28-10-17(22)26-2)18(23)21-12-5-6-14(20)13(9-12)19(24)27-3/h4-9H,10H2,1-3H3,(H,21,23). The Morgan fingerprint density at radius 3 is 2.36 bits per heavy atom. The zero-order valence-electron chi connectivity index (χ0n) is 15.4.